The molecule has 18 heavy (non-hydrogen) atoms. The molecular formula is C12H16N2O3S. The highest BCUT2D eigenvalue weighted by Gasteiger charge is 2.18. The SMILES string of the molecule is CC(Sc1ccc([N+](=O)[O-])cc1)N1CCOCC1. The maximum Gasteiger partial charge on any atom is 0.269 e. The molecule has 0 amide bonds. The van der Waals surface area contributed by atoms with E-state index in [1.54, 1.807) is 36.0 Å². The maximum atomic E-state index is 10.6. The van der Waals surface area contributed by atoms with Gasteiger partial charge in [0.25, 0.3) is 5.69 Å². The molecule has 6 heteroatoms. The van der Waals surface area contributed by atoms with Crippen LogP contribution in [0.2, 0.25) is 0 Å². The Morgan fingerprint density at radius 1 is 1.33 bits per heavy atom. The summed E-state index contributed by atoms with van der Waals surface area (Å²) < 4.78 is 5.32. The van der Waals surface area contributed by atoms with Crippen LogP contribution in [0.1, 0.15) is 6.92 Å². The predicted molar refractivity (Wildman–Crippen MR) is 70.8 cm³/mol. The van der Waals surface area contributed by atoms with Crippen LogP contribution in [0.25, 0.3) is 0 Å². The Bertz CT molecular complexity index is 404. The highest BCUT2D eigenvalue weighted by atomic mass is 32.2. The summed E-state index contributed by atoms with van der Waals surface area (Å²) in [4.78, 5) is 13.6. The summed E-state index contributed by atoms with van der Waals surface area (Å²) in [6.45, 7) is 5.61. The van der Waals surface area contributed by atoms with E-state index in [1.807, 2.05) is 0 Å². The normalized spacial score (nSPS) is 18.5. The van der Waals surface area contributed by atoms with Crippen LogP contribution in [0.15, 0.2) is 29.2 Å². The number of nitro groups is 1. The predicted octanol–water partition coefficient (Wildman–Crippen LogP) is 2.37. The van der Waals surface area contributed by atoms with Crippen molar-refractivity contribution in [3.63, 3.8) is 0 Å². The molecule has 5 nitrogen and oxygen atoms in total. The highest BCUT2D eigenvalue weighted by molar-refractivity contribution is 7.99. The van der Waals surface area contributed by atoms with Gasteiger partial charge in [0.15, 0.2) is 0 Å². The fourth-order valence-electron chi connectivity index (χ4n) is 1.86. The Balaban J connectivity index is 1.93. The Kier molecular flexibility index (Phi) is 4.57. The van der Waals surface area contributed by atoms with E-state index in [-0.39, 0.29) is 10.6 Å². The van der Waals surface area contributed by atoms with Crippen molar-refractivity contribution in [3.05, 3.63) is 34.4 Å². The van der Waals surface area contributed by atoms with Crippen LogP contribution in [0.4, 0.5) is 5.69 Å². The monoisotopic (exact) mass is 268 g/mol. The number of hydrogen-bond donors (Lipinski definition) is 0. The second-order valence-electron chi connectivity index (χ2n) is 4.12. The van der Waals surface area contributed by atoms with Crippen LogP contribution in [0.3, 0.4) is 0 Å². The van der Waals surface area contributed by atoms with Crippen molar-refractivity contribution in [2.75, 3.05) is 26.3 Å². The average molecular weight is 268 g/mol. The molecule has 0 aliphatic carbocycles. The number of ether oxygens (including phenoxy) is 1. The van der Waals surface area contributed by atoms with Gasteiger partial charge in [0.1, 0.15) is 0 Å². The highest BCUT2D eigenvalue weighted by Crippen LogP contribution is 2.27. The summed E-state index contributed by atoms with van der Waals surface area (Å²) in [5.74, 6) is 0. The van der Waals surface area contributed by atoms with Crippen molar-refractivity contribution in [1.82, 2.24) is 4.90 Å². The van der Waals surface area contributed by atoms with Gasteiger partial charge in [-0.25, -0.2) is 0 Å². The molecule has 1 unspecified atom stereocenters. The van der Waals surface area contributed by atoms with Crippen molar-refractivity contribution >= 4 is 17.4 Å². The molecule has 0 N–H and O–H groups in total. The summed E-state index contributed by atoms with van der Waals surface area (Å²) in [5, 5.41) is 10.9. The van der Waals surface area contributed by atoms with Gasteiger partial charge in [-0.15, -0.1) is 11.8 Å². The largest absolute Gasteiger partial charge is 0.379 e. The minimum atomic E-state index is -0.375. The van der Waals surface area contributed by atoms with Gasteiger partial charge in [0.05, 0.1) is 23.5 Å². The third-order valence-electron chi connectivity index (χ3n) is 2.91. The Morgan fingerprint density at radius 2 is 1.94 bits per heavy atom. The third-order valence-corrected chi connectivity index (χ3v) is 4.10. The minimum absolute atomic E-state index is 0.137. The molecule has 1 aromatic rings. The minimum Gasteiger partial charge on any atom is -0.379 e. The molecule has 0 radical (unpaired) electrons. The first-order chi connectivity index (χ1) is 8.66. The summed E-state index contributed by atoms with van der Waals surface area (Å²) in [7, 11) is 0. The summed E-state index contributed by atoms with van der Waals surface area (Å²) in [6, 6.07) is 6.71. The van der Waals surface area contributed by atoms with Gasteiger partial charge in [-0.1, -0.05) is 0 Å². The molecule has 0 bridgehead atoms. The van der Waals surface area contributed by atoms with Crippen LogP contribution in [0, 0.1) is 10.1 Å². The summed E-state index contributed by atoms with van der Waals surface area (Å²) in [6.07, 6.45) is 0. The lowest BCUT2D eigenvalue weighted by molar-refractivity contribution is -0.384. The average Bonchev–Trinajstić information content (AvgIpc) is 2.40. The topological polar surface area (TPSA) is 55.6 Å². The van der Waals surface area contributed by atoms with Gasteiger partial charge in [-0.3, -0.25) is 15.0 Å². The van der Waals surface area contributed by atoms with E-state index in [2.05, 4.69) is 11.8 Å². The van der Waals surface area contributed by atoms with E-state index in [1.165, 1.54) is 0 Å². The van der Waals surface area contributed by atoms with E-state index < -0.39 is 0 Å². The van der Waals surface area contributed by atoms with Crippen molar-refractivity contribution < 1.29 is 9.66 Å². The van der Waals surface area contributed by atoms with Gasteiger partial charge < -0.3 is 4.74 Å². The Labute approximate surface area is 110 Å². The zero-order valence-corrected chi connectivity index (χ0v) is 11.1. The fourth-order valence-corrected chi connectivity index (χ4v) is 2.91. The van der Waals surface area contributed by atoms with Crippen molar-refractivity contribution in [2.24, 2.45) is 0 Å². The molecule has 0 aromatic heterocycles. The zero-order valence-electron chi connectivity index (χ0n) is 10.2. The number of benzene rings is 1. The van der Waals surface area contributed by atoms with Gasteiger partial charge in [-0.05, 0) is 19.1 Å². The van der Waals surface area contributed by atoms with E-state index in [9.17, 15) is 10.1 Å². The second kappa shape index (κ2) is 6.17. The van der Waals surface area contributed by atoms with Gasteiger partial charge in [-0.2, -0.15) is 0 Å². The number of thioether (sulfide) groups is 1. The van der Waals surface area contributed by atoms with Crippen molar-refractivity contribution in [3.8, 4) is 0 Å². The molecule has 1 saturated heterocycles. The van der Waals surface area contributed by atoms with Gasteiger partial charge in [0.2, 0.25) is 0 Å². The third kappa shape index (κ3) is 3.44. The number of morpholine rings is 1. The fraction of sp³-hybridized carbons (Fsp3) is 0.500. The zero-order chi connectivity index (χ0) is 13.0. The first kappa shape index (κ1) is 13.3. The maximum absolute atomic E-state index is 10.6. The summed E-state index contributed by atoms with van der Waals surface area (Å²) >= 11 is 1.72. The second-order valence-corrected chi connectivity index (χ2v) is 5.51. The van der Waals surface area contributed by atoms with Crippen LogP contribution < -0.4 is 0 Å². The molecule has 98 valence electrons. The molecule has 1 fully saturated rings. The molecule has 1 atom stereocenters. The van der Waals surface area contributed by atoms with Gasteiger partial charge >= 0.3 is 0 Å². The molecule has 1 heterocycles. The van der Waals surface area contributed by atoms with E-state index in [4.69, 9.17) is 4.74 Å². The number of hydrogen-bond acceptors (Lipinski definition) is 5. The molecule has 1 aliphatic heterocycles. The lowest BCUT2D eigenvalue weighted by Crippen LogP contribution is -2.40. The van der Waals surface area contributed by atoms with E-state index in [0.717, 1.165) is 31.2 Å². The van der Waals surface area contributed by atoms with Crippen LogP contribution in [0.5, 0.6) is 0 Å². The summed E-state index contributed by atoms with van der Waals surface area (Å²) in [5.41, 5.74) is 0.137. The molecule has 0 saturated carbocycles. The van der Waals surface area contributed by atoms with Crippen LogP contribution in [-0.4, -0.2) is 41.5 Å². The first-order valence-corrected chi connectivity index (χ1v) is 6.77. The van der Waals surface area contributed by atoms with Crippen molar-refractivity contribution in [2.45, 2.75) is 17.2 Å². The lowest BCUT2D eigenvalue weighted by Gasteiger charge is -2.31. The molecular weight excluding hydrogens is 252 g/mol. The Hall–Kier alpha value is -1.11. The van der Waals surface area contributed by atoms with E-state index >= 15 is 0 Å². The van der Waals surface area contributed by atoms with Crippen molar-refractivity contribution in [1.29, 1.82) is 0 Å². The van der Waals surface area contributed by atoms with Crippen LogP contribution in [-0.2, 0) is 4.74 Å². The molecule has 2 rings (SSSR count). The van der Waals surface area contributed by atoms with Crippen LogP contribution >= 0.6 is 11.8 Å². The molecule has 1 aliphatic rings. The lowest BCUT2D eigenvalue weighted by atomic mass is 10.3. The smallest absolute Gasteiger partial charge is 0.269 e. The van der Waals surface area contributed by atoms with E-state index in [0.29, 0.717) is 5.37 Å². The standard InChI is InChI=1S/C12H16N2O3S/c1-10(13-6-8-17-9-7-13)18-12-4-2-11(3-5-12)14(15)16/h2-5,10H,6-9H2,1H3. The first-order valence-electron chi connectivity index (χ1n) is 5.90. The number of non-ortho nitro benzene ring substituents is 1. The Morgan fingerprint density at radius 3 is 2.50 bits per heavy atom. The number of rotatable bonds is 4. The molecule has 0 spiro atoms. The van der Waals surface area contributed by atoms with Gasteiger partial charge in [0, 0.05) is 30.1 Å². The number of nitrogens with zero attached hydrogens (tertiary/aromatic N) is 2. The quantitative estimate of drug-likeness (QED) is 0.476. The molecule has 1 aromatic carbocycles. The number of nitro benzene ring substituents is 1.